The van der Waals surface area contributed by atoms with Gasteiger partial charge >= 0.3 is 5.97 Å². The molecule has 1 aromatic rings. The number of carboxylic acids is 1. The van der Waals surface area contributed by atoms with Crippen LogP contribution in [0.4, 0.5) is 0 Å². The first-order valence-electron chi connectivity index (χ1n) is 6.83. The van der Waals surface area contributed by atoms with Crippen molar-refractivity contribution in [2.24, 2.45) is 5.41 Å². The SMILES string of the molecule is O=C(O)CSCC(=O)NCC1(C(O)c2ccccc2)CC1. The van der Waals surface area contributed by atoms with E-state index >= 15 is 0 Å². The molecule has 1 amide bonds. The summed E-state index contributed by atoms with van der Waals surface area (Å²) >= 11 is 1.07. The molecular weight excluding hydrogens is 290 g/mol. The number of thioether (sulfide) groups is 1. The van der Waals surface area contributed by atoms with Crippen LogP contribution >= 0.6 is 11.8 Å². The highest BCUT2D eigenvalue weighted by Crippen LogP contribution is 2.54. The van der Waals surface area contributed by atoms with Crippen molar-refractivity contribution in [3.63, 3.8) is 0 Å². The molecule has 0 spiro atoms. The maximum atomic E-state index is 11.7. The normalized spacial score (nSPS) is 17.0. The standard InChI is InChI=1S/C15H19NO4S/c17-12(8-21-9-13(18)19)16-10-15(6-7-15)14(20)11-4-2-1-3-5-11/h1-5,14,20H,6-10H2,(H,16,17)(H,18,19). The molecule has 0 bridgehead atoms. The summed E-state index contributed by atoms with van der Waals surface area (Å²) in [6, 6.07) is 9.44. The van der Waals surface area contributed by atoms with E-state index in [0.717, 1.165) is 30.2 Å². The fourth-order valence-corrected chi connectivity index (χ4v) is 2.82. The number of carbonyl (C=O) groups is 2. The lowest BCUT2D eigenvalue weighted by Crippen LogP contribution is -2.34. The maximum absolute atomic E-state index is 11.7. The van der Waals surface area contributed by atoms with Crippen molar-refractivity contribution in [1.29, 1.82) is 0 Å². The van der Waals surface area contributed by atoms with Crippen LogP contribution in [0.1, 0.15) is 24.5 Å². The number of aliphatic hydroxyl groups excluding tert-OH is 1. The molecule has 0 heterocycles. The molecule has 0 radical (unpaired) electrons. The van der Waals surface area contributed by atoms with Gasteiger partial charge in [-0.15, -0.1) is 11.8 Å². The predicted octanol–water partition coefficient (Wildman–Crippen LogP) is 1.43. The number of aliphatic carboxylic acids is 1. The molecule has 0 saturated heterocycles. The Morgan fingerprint density at radius 2 is 1.90 bits per heavy atom. The minimum atomic E-state index is -0.925. The summed E-state index contributed by atoms with van der Waals surface area (Å²) < 4.78 is 0. The average molecular weight is 309 g/mol. The van der Waals surface area contributed by atoms with Gasteiger partial charge in [-0.3, -0.25) is 9.59 Å². The van der Waals surface area contributed by atoms with Gasteiger partial charge in [-0.05, 0) is 18.4 Å². The summed E-state index contributed by atoms with van der Waals surface area (Å²) in [7, 11) is 0. The molecule has 114 valence electrons. The van der Waals surface area contributed by atoms with E-state index in [1.54, 1.807) is 0 Å². The topological polar surface area (TPSA) is 86.6 Å². The third kappa shape index (κ3) is 4.47. The van der Waals surface area contributed by atoms with Gasteiger partial charge in [0, 0.05) is 12.0 Å². The number of hydrogen-bond acceptors (Lipinski definition) is 4. The number of nitrogens with one attached hydrogen (secondary N) is 1. The largest absolute Gasteiger partial charge is 0.481 e. The first-order chi connectivity index (χ1) is 10.0. The third-order valence-corrected chi connectivity index (χ3v) is 4.60. The predicted molar refractivity (Wildman–Crippen MR) is 81.0 cm³/mol. The van der Waals surface area contributed by atoms with Crippen LogP contribution in [0, 0.1) is 5.41 Å². The van der Waals surface area contributed by atoms with Crippen LogP contribution in [0.2, 0.25) is 0 Å². The van der Waals surface area contributed by atoms with E-state index in [2.05, 4.69) is 5.32 Å². The summed E-state index contributed by atoms with van der Waals surface area (Å²) in [5.74, 6) is -1.06. The summed E-state index contributed by atoms with van der Waals surface area (Å²) in [6.07, 6.45) is 1.18. The zero-order valence-corrected chi connectivity index (χ0v) is 12.4. The van der Waals surface area contributed by atoms with E-state index in [-0.39, 0.29) is 22.8 Å². The molecule has 1 unspecified atom stereocenters. The van der Waals surface area contributed by atoms with Gasteiger partial charge < -0.3 is 15.5 Å². The van der Waals surface area contributed by atoms with Gasteiger partial charge in [0.1, 0.15) is 0 Å². The molecule has 0 aromatic heterocycles. The molecule has 2 rings (SSSR count). The first-order valence-corrected chi connectivity index (χ1v) is 7.98. The number of benzene rings is 1. The van der Waals surface area contributed by atoms with Crippen LogP contribution in [0.15, 0.2) is 30.3 Å². The van der Waals surface area contributed by atoms with Crippen molar-refractivity contribution in [2.75, 3.05) is 18.1 Å². The molecule has 5 nitrogen and oxygen atoms in total. The minimum absolute atomic E-state index is 0.0782. The smallest absolute Gasteiger partial charge is 0.313 e. The highest BCUT2D eigenvalue weighted by Gasteiger charge is 2.49. The number of carboxylic acid groups (broad SMARTS) is 1. The maximum Gasteiger partial charge on any atom is 0.313 e. The number of amides is 1. The average Bonchev–Trinajstić information content (AvgIpc) is 3.26. The summed E-state index contributed by atoms with van der Waals surface area (Å²) in [4.78, 5) is 22.0. The van der Waals surface area contributed by atoms with E-state index in [1.165, 1.54) is 0 Å². The molecule has 1 aliphatic rings. The van der Waals surface area contributed by atoms with Crippen molar-refractivity contribution < 1.29 is 19.8 Å². The molecule has 3 N–H and O–H groups in total. The lowest BCUT2D eigenvalue weighted by molar-refractivity contribution is -0.133. The highest BCUT2D eigenvalue weighted by molar-refractivity contribution is 8.00. The Balaban J connectivity index is 1.80. The zero-order chi connectivity index (χ0) is 15.3. The molecule has 6 heteroatoms. The third-order valence-electron chi connectivity index (χ3n) is 3.68. The molecule has 0 aliphatic heterocycles. The second-order valence-electron chi connectivity index (χ2n) is 5.34. The first kappa shape index (κ1) is 15.9. The number of hydrogen-bond donors (Lipinski definition) is 3. The molecular formula is C15H19NO4S. The Morgan fingerprint density at radius 1 is 1.24 bits per heavy atom. The van der Waals surface area contributed by atoms with E-state index in [4.69, 9.17) is 5.11 Å². The molecule has 1 aliphatic carbocycles. The van der Waals surface area contributed by atoms with E-state index < -0.39 is 12.1 Å². The lowest BCUT2D eigenvalue weighted by atomic mass is 9.93. The molecule has 1 aromatic carbocycles. The van der Waals surface area contributed by atoms with Gasteiger partial charge in [0.15, 0.2) is 0 Å². The number of carbonyl (C=O) groups excluding carboxylic acids is 1. The molecule has 21 heavy (non-hydrogen) atoms. The monoisotopic (exact) mass is 309 g/mol. The van der Waals surface area contributed by atoms with Crippen molar-refractivity contribution in [2.45, 2.75) is 18.9 Å². The van der Waals surface area contributed by atoms with Crippen LogP contribution in [-0.2, 0) is 9.59 Å². The lowest BCUT2D eigenvalue weighted by Gasteiger charge is -2.23. The highest BCUT2D eigenvalue weighted by atomic mass is 32.2. The van der Waals surface area contributed by atoms with E-state index in [1.807, 2.05) is 30.3 Å². The van der Waals surface area contributed by atoms with Crippen molar-refractivity contribution in [3.8, 4) is 0 Å². The second-order valence-corrected chi connectivity index (χ2v) is 6.32. The number of rotatable bonds is 8. The van der Waals surface area contributed by atoms with E-state index in [9.17, 15) is 14.7 Å². The molecule has 1 saturated carbocycles. The number of aliphatic hydroxyl groups is 1. The van der Waals surface area contributed by atoms with Gasteiger partial charge in [0.25, 0.3) is 0 Å². The Labute approximate surface area is 127 Å². The summed E-state index contributed by atoms with van der Waals surface area (Å²) in [5, 5.41) is 21.7. The van der Waals surface area contributed by atoms with Crippen LogP contribution in [0.25, 0.3) is 0 Å². The van der Waals surface area contributed by atoms with Crippen molar-refractivity contribution in [1.82, 2.24) is 5.32 Å². The molecule has 1 fully saturated rings. The summed E-state index contributed by atoms with van der Waals surface area (Å²) in [5.41, 5.74) is 0.596. The molecule has 1 atom stereocenters. The fraction of sp³-hybridized carbons (Fsp3) is 0.467. The van der Waals surface area contributed by atoms with Gasteiger partial charge in [-0.25, -0.2) is 0 Å². The minimum Gasteiger partial charge on any atom is -0.481 e. The van der Waals surface area contributed by atoms with Crippen LogP contribution in [0.3, 0.4) is 0 Å². The van der Waals surface area contributed by atoms with Gasteiger partial charge in [-0.2, -0.15) is 0 Å². The van der Waals surface area contributed by atoms with Crippen LogP contribution in [-0.4, -0.2) is 40.1 Å². The second kappa shape index (κ2) is 6.95. The summed E-state index contributed by atoms with van der Waals surface area (Å²) in [6.45, 7) is 0.426. The Hall–Kier alpha value is -1.53. The van der Waals surface area contributed by atoms with Crippen LogP contribution < -0.4 is 5.32 Å². The Kier molecular flexibility index (Phi) is 5.25. The zero-order valence-electron chi connectivity index (χ0n) is 11.6. The van der Waals surface area contributed by atoms with Gasteiger partial charge in [0.2, 0.25) is 5.91 Å². The van der Waals surface area contributed by atoms with Gasteiger partial charge in [-0.1, -0.05) is 30.3 Å². The Bertz CT molecular complexity index is 502. The fourth-order valence-electron chi connectivity index (χ4n) is 2.25. The van der Waals surface area contributed by atoms with E-state index in [0.29, 0.717) is 6.54 Å². The Morgan fingerprint density at radius 3 is 2.48 bits per heavy atom. The van der Waals surface area contributed by atoms with Crippen molar-refractivity contribution in [3.05, 3.63) is 35.9 Å². The quantitative estimate of drug-likeness (QED) is 0.676. The van der Waals surface area contributed by atoms with Gasteiger partial charge in [0.05, 0.1) is 17.6 Å². The van der Waals surface area contributed by atoms with Crippen LogP contribution in [0.5, 0.6) is 0 Å². The van der Waals surface area contributed by atoms with Crippen molar-refractivity contribution >= 4 is 23.6 Å².